The Balaban J connectivity index is 2.05. The summed E-state index contributed by atoms with van der Waals surface area (Å²) in [5, 5.41) is 3.04. The molecule has 156 valence electrons. The highest BCUT2D eigenvalue weighted by molar-refractivity contribution is 6.13. The second-order valence-corrected chi connectivity index (χ2v) is 6.46. The van der Waals surface area contributed by atoms with Crippen LogP contribution in [0.1, 0.15) is 24.2 Å². The van der Waals surface area contributed by atoms with Crippen molar-refractivity contribution in [1.82, 2.24) is 0 Å². The zero-order chi connectivity index (χ0) is 21.5. The predicted molar refractivity (Wildman–Crippen MR) is 110 cm³/mol. The van der Waals surface area contributed by atoms with E-state index in [1.807, 2.05) is 30.3 Å². The molecule has 1 aliphatic heterocycles. The number of benzene rings is 2. The van der Waals surface area contributed by atoms with E-state index in [2.05, 4.69) is 5.32 Å². The number of fused-ring (bicyclic) bond motifs is 1. The molecule has 0 aliphatic carbocycles. The molecule has 0 bridgehead atoms. The molecule has 0 saturated carbocycles. The van der Waals surface area contributed by atoms with Crippen molar-refractivity contribution < 1.29 is 28.6 Å². The molecule has 7 nitrogen and oxygen atoms in total. The fraction of sp³-hybridized carbons (Fsp3) is 0.261. The molecule has 1 N–H and O–H groups in total. The molecule has 30 heavy (non-hydrogen) atoms. The van der Waals surface area contributed by atoms with Gasteiger partial charge in [-0.05, 0) is 38.1 Å². The van der Waals surface area contributed by atoms with Crippen LogP contribution in [0.15, 0.2) is 66.4 Å². The van der Waals surface area contributed by atoms with E-state index < -0.39 is 24.0 Å². The van der Waals surface area contributed by atoms with Crippen molar-refractivity contribution in [3.8, 4) is 5.75 Å². The summed E-state index contributed by atoms with van der Waals surface area (Å²) in [6, 6.07) is 15.9. The van der Waals surface area contributed by atoms with Gasteiger partial charge < -0.3 is 19.5 Å². The molecule has 0 saturated heterocycles. The van der Waals surface area contributed by atoms with Crippen LogP contribution < -0.4 is 10.1 Å². The van der Waals surface area contributed by atoms with Crippen LogP contribution in [0.5, 0.6) is 5.75 Å². The lowest BCUT2D eigenvalue weighted by molar-refractivity contribution is -0.165. The minimum absolute atomic E-state index is 0.0767. The van der Waals surface area contributed by atoms with E-state index in [-0.39, 0.29) is 24.6 Å². The van der Waals surface area contributed by atoms with Crippen LogP contribution in [-0.4, -0.2) is 37.0 Å². The van der Waals surface area contributed by atoms with Crippen LogP contribution >= 0.6 is 0 Å². The number of Topliss-reactive ketones (excluding diaryl/α,β-unsaturated/α-hetero) is 1. The molecule has 0 radical (unpaired) electrons. The summed E-state index contributed by atoms with van der Waals surface area (Å²) in [5.41, 5.74) is 1.21. The van der Waals surface area contributed by atoms with Gasteiger partial charge >= 0.3 is 11.9 Å². The Morgan fingerprint density at radius 1 is 1.00 bits per heavy atom. The Bertz CT molecular complexity index is 935. The predicted octanol–water partition coefficient (Wildman–Crippen LogP) is 3.37. The van der Waals surface area contributed by atoms with Gasteiger partial charge in [-0.15, -0.1) is 0 Å². The second-order valence-electron chi connectivity index (χ2n) is 6.46. The number of rotatable bonds is 7. The molecule has 1 atom stereocenters. The van der Waals surface area contributed by atoms with Gasteiger partial charge in [-0.3, -0.25) is 14.4 Å². The van der Waals surface area contributed by atoms with Crippen LogP contribution in [0.2, 0.25) is 0 Å². The largest absolute Gasteiger partial charge is 0.483 e. The monoisotopic (exact) mass is 409 g/mol. The maximum Gasteiger partial charge on any atom is 0.324 e. The van der Waals surface area contributed by atoms with E-state index in [4.69, 9.17) is 14.2 Å². The Morgan fingerprint density at radius 3 is 2.23 bits per heavy atom. The number of carbonyl (C=O) groups excluding carboxylic acids is 3. The van der Waals surface area contributed by atoms with Crippen molar-refractivity contribution >= 4 is 23.4 Å². The number of ether oxygens (including phenoxy) is 3. The number of para-hydroxylation sites is 2. The van der Waals surface area contributed by atoms with Gasteiger partial charge in [0.25, 0.3) is 0 Å². The normalized spacial score (nSPS) is 16.6. The molecule has 0 aromatic heterocycles. The minimum atomic E-state index is -1.44. The molecule has 3 rings (SSSR count). The van der Waals surface area contributed by atoms with E-state index in [1.165, 1.54) is 6.20 Å². The average Bonchev–Trinajstić information content (AvgIpc) is 2.75. The molecule has 7 heteroatoms. The van der Waals surface area contributed by atoms with Gasteiger partial charge in [-0.1, -0.05) is 30.3 Å². The van der Waals surface area contributed by atoms with Gasteiger partial charge in [0, 0.05) is 11.9 Å². The summed E-state index contributed by atoms with van der Waals surface area (Å²) in [4.78, 5) is 38.5. The first-order valence-corrected chi connectivity index (χ1v) is 9.72. The van der Waals surface area contributed by atoms with Crippen molar-refractivity contribution in [3.05, 3.63) is 71.9 Å². The highest BCUT2D eigenvalue weighted by atomic mass is 16.6. The number of hydrogen-bond acceptors (Lipinski definition) is 7. The highest BCUT2D eigenvalue weighted by Gasteiger charge is 2.46. The third kappa shape index (κ3) is 4.51. The molecule has 1 unspecified atom stereocenters. The summed E-state index contributed by atoms with van der Waals surface area (Å²) < 4.78 is 16.1. The number of anilines is 1. The Kier molecular flexibility index (Phi) is 6.85. The smallest absolute Gasteiger partial charge is 0.324 e. The van der Waals surface area contributed by atoms with Crippen LogP contribution in [0.25, 0.3) is 0 Å². The quantitative estimate of drug-likeness (QED) is 0.426. The van der Waals surface area contributed by atoms with E-state index >= 15 is 0 Å². The van der Waals surface area contributed by atoms with Gasteiger partial charge in [0.2, 0.25) is 0 Å². The summed E-state index contributed by atoms with van der Waals surface area (Å²) >= 11 is 0. The lowest BCUT2D eigenvalue weighted by atomic mass is 9.88. The molecular formula is C23H23NO6. The third-order valence-electron chi connectivity index (χ3n) is 4.51. The highest BCUT2D eigenvalue weighted by Crippen LogP contribution is 2.34. The standard InChI is InChI=1S/C23H23NO6/c1-3-28-22(26)19(23(27)29-4-2)21-17(14-24-15-10-6-5-7-11-15)20(25)16-12-8-9-13-18(16)30-21/h5-14,19,21,24H,3-4H2,1-2H3/b17-14+. The van der Waals surface area contributed by atoms with Gasteiger partial charge in [0.05, 0.1) is 24.4 Å². The van der Waals surface area contributed by atoms with Crippen LogP contribution in [0, 0.1) is 5.92 Å². The first-order valence-electron chi connectivity index (χ1n) is 9.72. The van der Waals surface area contributed by atoms with Gasteiger partial charge in [-0.25, -0.2) is 0 Å². The number of carbonyl (C=O) groups is 3. The van der Waals surface area contributed by atoms with E-state index in [0.717, 1.165) is 5.69 Å². The topological polar surface area (TPSA) is 90.9 Å². The maximum absolute atomic E-state index is 13.2. The van der Waals surface area contributed by atoms with Crippen molar-refractivity contribution in [3.63, 3.8) is 0 Å². The Hall–Kier alpha value is -3.61. The summed E-state index contributed by atoms with van der Waals surface area (Å²) in [6.07, 6.45) is 0.269. The summed E-state index contributed by atoms with van der Waals surface area (Å²) in [5.74, 6) is -3.10. The number of hydrogen-bond donors (Lipinski definition) is 1. The Morgan fingerprint density at radius 2 is 1.60 bits per heavy atom. The lowest BCUT2D eigenvalue weighted by Crippen LogP contribution is -2.45. The number of nitrogens with one attached hydrogen (secondary N) is 1. The number of esters is 2. The van der Waals surface area contributed by atoms with Crippen molar-refractivity contribution in [2.45, 2.75) is 20.0 Å². The summed E-state index contributed by atoms with van der Waals surface area (Å²) in [7, 11) is 0. The van der Waals surface area contributed by atoms with Crippen LogP contribution in [0.3, 0.4) is 0 Å². The summed E-state index contributed by atoms with van der Waals surface area (Å²) in [6.45, 7) is 3.42. The zero-order valence-electron chi connectivity index (χ0n) is 16.8. The average molecular weight is 409 g/mol. The van der Waals surface area contributed by atoms with E-state index in [0.29, 0.717) is 11.3 Å². The van der Waals surface area contributed by atoms with Gasteiger partial charge in [0.15, 0.2) is 17.8 Å². The van der Waals surface area contributed by atoms with E-state index in [9.17, 15) is 14.4 Å². The number of ketones is 1. The molecule has 1 heterocycles. The van der Waals surface area contributed by atoms with Crippen LogP contribution in [-0.2, 0) is 19.1 Å². The first kappa shape index (κ1) is 21.1. The molecular weight excluding hydrogens is 386 g/mol. The fourth-order valence-corrected chi connectivity index (χ4v) is 3.14. The molecule has 0 fully saturated rings. The fourth-order valence-electron chi connectivity index (χ4n) is 3.14. The van der Waals surface area contributed by atoms with Crippen LogP contribution in [0.4, 0.5) is 5.69 Å². The molecule has 1 aliphatic rings. The molecule has 2 aromatic carbocycles. The minimum Gasteiger partial charge on any atom is -0.483 e. The third-order valence-corrected chi connectivity index (χ3v) is 4.51. The molecule has 2 aromatic rings. The van der Waals surface area contributed by atoms with E-state index in [1.54, 1.807) is 38.1 Å². The lowest BCUT2D eigenvalue weighted by Gasteiger charge is -2.31. The zero-order valence-corrected chi connectivity index (χ0v) is 16.8. The Labute approximate surface area is 174 Å². The van der Waals surface area contributed by atoms with Gasteiger partial charge in [0.1, 0.15) is 5.75 Å². The molecule has 0 spiro atoms. The van der Waals surface area contributed by atoms with Gasteiger partial charge in [-0.2, -0.15) is 0 Å². The molecule has 0 amide bonds. The van der Waals surface area contributed by atoms with Crippen molar-refractivity contribution in [2.24, 2.45) is 5.92 Å². The second kappa shape index (κ2) is 9.73. The van der Waals surface area contributed by atoms with Crippen molar-refractivity contribution in [2.75, 3.05) is 18.5 Å². The maximum atomic E-state index is 13.2. The SMILES string of the molecule is CCOC(=O)C(C(=O)OCC)C1Oc2ccccc2C(=O)/C1=C\Nc1ccccc1. The first-order chi connectivity index (χ1) is 14.6. The van der Waals surface area contributed by atoms with Crippen molar-refractivity contribution in [1.29, 1.82) is 0 Å².